The Morgan fingerprint density at radius 3 is 2.65 bits per heavy atom. The highest BCUT2D eigenvalue weighted by Gasteiger charge is 2.22. The minimum atomic E-state index is -0.221. The van der Waals surface area contributed by atoms with Crippen molar-refractivity contribution in [3.05, 3.63) is 71.0 Å². The second kappa shape index (κ2) is 10.1. The highest BCUT2D eigenvalue weighted by Crippen LogP contribution is 2.35. The molecule has 2 aromatic carbocycles. The van der Waals surface area contributed by atoms with Crippen molar-refractivity contribution in [3.8, 4) is 0 Å². The van der Waals surface area contributed by atoms with Gasteiger partial charge in [-0.3, -0.25) is 9.59 Å². The average molecular weight is 437 g/mol. The molecule has 5 nitrogen and oxygen atoms in total. The lowest BCUT2D eigenvalue weighted by atomic mass is 10.0. The summed E-state index contributed by atoms with van der Waals surface area (Å²) in [5.74, 6) is 0.802. The number of nitrogens with one attached hydrogen (secondary N) is 2. The van der Waals surface area contributed by atoms with Crippen molar-refractivity contribution < 1.29 is 14.0 Å². The number of rotatable bonds is 7. The van der Waals surface area contributed by atoms with Crippen molar-refractivity contribution in [1.29, 1.82) is 0 Å². The minimum absolute atomic E-state index is 0.146. The van der Waals surface area contributed by atoms with Crippen LogP contribution in [0.15, 0.2) is 52.9 Å². The molecule has 4 rings (SSSR count). The molecular formula is C25H28N2O3S. The molecule has 0 aliphatic heterocycles. The maximum absolute atomic E-state index is 13.0. The highest BCUT2D eigenvalue weighted by molar-refractivity contribution is 7.99. The van der Waals surface area contributed by atoms with Crippen molar-refractivity contribution in [3.63, 3.8) is 0 Å². The number of para-hydroxylation sites is 1. The van der Waals surface area contributed by atoms with Gasteiger partial charge in [-0.05, 0) is 36.6 Å². The monoisotopic (exact) mass is 436 g/mol. The number of hydrogen-bond donors (Lipinski definition) is 2. The quantitative estimate of drug-likeness (QED) is 0.528. The number of benzene rings is 2. The summed E-state index contributed by atoms with van der Waals surface area (Å²) in [5, 5.41) is 7.25. The lowest BCUT2D eigenvalue weighted by molar-refractivity contribution is 0.0923. The van der Waals surface area contributed by atoms with E-state index in [9.17, 15) is 9.59 Å². The molecule has 31 heavy (non-hydrogen) atoms. The first kappa shape index (κ1) is 21.5. The Kier molecular flexibility index (Phi) is 6.97. The molecule has 0 atom stereocenters. The number of amides is 2. The van der Waals surface area contributed by atoms with Gasteiger partial charge in [0.2, 0.25) is 0 Å². The molecule has 1 saturated carbocycles. The van der Waals surface area contributed by atoms with Gasteiger partial charge in [-0.2, -0.15) is 11.8 Å². The summed E-state index contributed by atoms with van der Waals surface area (Å²) in [4.78, 5) is 24.9. The highest BCUT2D eigenvalue weighted by atomic mass is 32.2. The Hall–Kier alpha value is -2.73. The molecule has 0 bridgehead atoms. The Morgan fingerprint density at radius 1 is 1.03 bits per heavy atom. The van der Waals surface area contributed by atoms with Crippen molar-refractivity contribution >= 4 is 34.5 Å². The van der Waals surface area contributed by atoms with Crippen molar-refractivity contribution in [2.45, 2.75) is 49.7 Å². The van der Waals surface area contributed by atoms with E-state index in [1.165, 1.54) is 32.1 Å². The summed E-state index contributed by atoms with van der Waals surface area (Å²) in [7, 11) is 1.60. The molecule has 1 aromatic heterocycles. The molecule has 3 aromatic rings. The first-order chi connectivity index (χ1) is 15.2. The predicted molar refractivity (Wildman–Crippen MR) is 125 cm³/mol. The summed E-state index contributed by atoms with van der Waals surface area (Å²) in [6, 6.07) is 15.1. The van der Waals surface area contributed by atoms with Crippen LogP contribution in [0.4, 0.5) is 0 Å². The van der Waals surface area contributed by atoms with E-state index in [1.807, 2.05) is 48.2 Å². The predicted octanol–water partition coefficient (Wildman–Crippen LogP) is 5.29. The SMILES string of the molecule is CNC(=O)c1cccc(CNC(=O)c2oc3ccccc3c2CSC2CCCCC2)c1. The zero-order chi connectivity index (χ0) is 21.6. The fraction of sp³-hybridized carbons (Fsp3) is 0.360. The van der Waals surface area contributed by atoms with E-state index in [1.54, 1.807) is 19.2 Å². The zero-order valence-electron chi connectivity index (χ0n) is 17.8. The second-order valence-electron chi connectivity index (χ2n) is 7.94. The Morgan fingerprint density at radius 2 is 1.84 bits per heavy atom. The van der Waals surface area contributed by atoms with Crippen molar-refractivity contribution in [1.82, 2.24) is 10.6 Å². The lowest BCUT2D eigenvalue weighted by Crippen LogP contribution is -2.24. The van der Waals surface area contributed by atoms with E-state index >= 15 is 0 Å². The van der Waals surface area contributed by atoms with Gasteiger partial charge < -0.3 is 15.1 Å². The first-order valence-corrected chi connectivity index (χ1v) is 11.9. The molecule has 0 saturated heterocycles. The molecule has 1 aliphatic rings. The van der Waals surface area contributed by atoms with Gasteiger partial charge in [0.05, 0.1) is 0 Å². The van der Waals surface area contributed by atoms with Crippen LogP contribution < -0.4 is 10.6 Å². The third kappa shape index (κ3) is 5.13. The molecule has 1 heterocycles. The van der Waals surface area contributed by atoms with Crippen LogP contribution in [0.1, 0.15) is 64.1 Å². The molecule has 1 aliphatic carbocycles. The normalized spacial score (nSPS) is 14.5. The van der Waals surface area contributed by atoms with Crippen LogP contribution in [0, 0.1) is 0 Å². The Bertz CT molecular complexity index is 1070. The average Bonchev–Trinajstić information content (AvgIpc) is 3.20. The smallest absolute Gasteiger partial charge is 0.287 e. The van der Waals surface area contributed by atoms with Crippen LogP contribution in [0.2, 0.25) is 0 Å². The van der Waals surface area contributed by atoms with E-state index in [4.69, 9.17) is 4.42 Å². The first-order valence-electron chi connectivity index (χ1n) is 10.9. The summed E-state index contributed by atoms with van der Waals surface area (Å²) >= 11 is 1.94. The van der Waals surface area contributed by atoms with Crippen molar-refractivity contribution in [2.24, 2.45) is 0 Å². The lowest BCUT2D eigenvalue weighted by Gasteiger charge is -2.20. The topological polar surface area (TPSA) is 71.3 Å². The van der Waals surface area contributed by atoms with Gasteiger partial charge in [0.25, 0.3) is 11.8 Å². The molecule has 2 amide bonds. The van der Waals surface area contributed by atoms with Gasteiger partial charge in [0.15, 0.2) is 5.76 Å². The van der Waals surface area contributed by atoms with Crippen LogP contribution in [0.3, 0.4) is 0 Å². The standard InChI is InChI=1S/C25H28N2O3S/c1-26-24(28)18-9-7-8-17(14-18)15-27-25(29)23-21(16-31-19-10-3-2-4-11-19)20-12-5-6-13-22(20)30-23/h5-9,12-14,19H,2-4,10-11,15-16H2,1H3,(H,26,28)(H,27,29). The number of carbonyl (C=O) groups excluding carboxylic acids is 2. The third-order valence-electron chi connectivity index (χ3n) is 5.79. The van der Waals surface area contributed by atoms with Crippen molar-refractivity contribution in [2.75, 3.05) is 7.05 Å². The number of hydrogen-bond acceptors (Lipinski definition) is 4. The molecule has 6 heteroatoms. The number of carbonyl (C=O) groups is 2. The van der Waals surface area contributed by atoms with E-state index in [0.29, 0.717) is 23.1 Å². The largest absolute Gasteiger partial charge is 0.451 e. The van der Waals surface area contributed by atoms with Crippen LogP contribution in [0.25, 0.3) is 11.0 Å². The molecule has 0 unspecified atom stereocenters. The summed E-state index contributed by atoms with van der Waals surface area (Å²) in [6.07, 6.45) is 6.44. The fourth-order valence-corrected chi connectivity index (χ4v) is 5.44. The van der Waals surface area contributed by atoms with Crippen LogP contribution in [-0.2, 0) is 12.3 Å². The fourth-order valence-electron chi connectivity index (χ4n) is 4.09. The molecule has 2 N–H and O–H groups in total. The Labute approximate surface area is 187 Å². The maximum atomic E-state index is 13.0. The maximum Gasteiger partial charge on any atom is 0.287 e. The number of fused-ring (bicyclic) bond motifs is 1. The number of furan rings is 1. The minimum Gasteiger partial charge on any atom is -0.451 e. The van der Waals surface area contributed by atoms with E-state index in [-0.39, 0.29) is 11.8 Å². The van der Waals surface area contributed by atoms with Gasteiger partial charge in [-0.25, -0.2) is 0 Å². The second-order valence-corrected chi connectivity index (χ2v) is 9.23. The van der Waals surface area contributed by atoms with E-state index in [0.717, 1.165) is 27.8 Å². The van der Waals surface area contributed by atoms with Gasteiger partial charge in [0, 0.05) is 41.1 Å². The zero-order valence-corrected chi connectivity index (χ0v) is 18.6. The molecule has 162 valence electrons. The van der Waals surface area contributed by atoms with Crippen LogP contribution in [0.5, 0.6) is 0 Å². The van der Waals surface area contributed by atoms with Crippen LogP contribution in [-0.4, -0.2) is 24.1 Å². The Balaban J connectivity index is 1.50. The molecule has 0 radical (unpaired) electrons. The number of thioether (sulfide) groups is 1. The summed E-state index contributed by atoms with van der Waals surface area (Å²) < 4.78 is 5.98. The van der Waals surface area contributed by atoms with E-state index in [2.05, 4.69) is 10.6 Å². The summed E-state index contributed by atoms with van der Waals surface area (Å²) in [5.41, 5.74) is 3.16. The van der Waals surface area contributed by atoms with Gasteiger partial charge >= 0.3 is 0 Å². The van der Waals surface area contributed by atoms with Gasteiger partial charge in [-0.15, -0.1) is 0 Å². The van der Waals surface area contributed by atoms with E-state index < -0.39 is 0 Å². The molecule has 0 spiro atoms. The summed E-state index contributed by atoms with van der Waals surface area (Å²) in [6.45, 7) is 0.329. The third-order valence-corrected chi connectivity index (χ3v) is 7.19. The molecular weight excluding hydrogens is 408 g/mol. The van der Waals surface area contributed by atoms with Crippen LogP contribution >= 0.6 is 11.8 Å². The molecule has 1 fully saturated rings. The van der Waals surface area contributed by atoms with Gasteiger partial charge in [0.1, 0.15) is 5.58 Å². The van der Waals surface area contributed by atoms with Gasteiger partial charge in [-0.1, -0.05) is 49.6 Å².